The molecule has 2 aromatic rings. The lowest BCUT2D eigenvalue weighted by molar-refractivity contribution is -0.149. The van der Waals surface area contributed by atoms with Gasteiger partial charge in [-0.25, -0.2) is 0 Å². The van der Waals surface area contributed by atoms with Crippen LogP contribution >= 0.6 is 0 Å². The van der Waals surface area contributed by atoms with E-state index < -0.39 is 0 Å². The van der Waals surface area contributed by atoms with Crippen LogP contribution in [0.1, 0.15) is 30.4 Å². The fraction of sp³-hybridized carbons (Fsp3) is 0.481. The number of likely N-dealkylation sites (tertiary alicyclic amines) is 2. The van der Waals surface area contributed by atoms with Crippen molar-refractivity contribution in [1.82, 2.24) is 15.1 Å². The first-order valence-corrected chi connectivity index (χ1v) is 12.0. The second-order valence-corrected chi connectivity index (χ2v) is 9.99. The Labute approximate surface area is 190 Å². The number of nitrogens with zero attached hydrogens (tertiary/aromatic N) is 2. The predicted octanol–water partition coefficient (Wildman–Crippen LogP) is 3.11. The van der Waals surface area contributed by atoms with Gasteiger partial charge in [-0.15, -0.1) is 0 Å². The van der Waals surface area contributed by atoms with E-state index >= 15 is 0 Å². The molecular weight excluding hydrogens is 398 g/mol. The van der Waals surface area contributed by atoms with Crippen molar-refractivity contribution in [1.29, 1.82) is 0 Å². The predicted molar refractivity (Wildman–Crippen MR) is 125 cm³/mol. The minimum atomic E-state index is -0.106. The molecule has 3 aliphatic rings. The van der Waals surface area contributed by atoms with Crippen molar-refractivity contribution in [2.45, 2.75) is 32.2 Å². The number of rotatable bonds is 8. The van der Waals surface area contributed by atoms with Gasteiger partial charge in [0.15, 0.2) is 0 Å². The molecule has 5 nitrogen and oxygen atoms in total. The molecule has 1 unspecified atom stereocenters. The molecule has 1 atom stereocenters. The smallest absolute Gasteiger partial charge is 0.225 e. The summed E-state index contributed by atoms with van der Waals surface area (Å²) in [5.74, 6) is 1.03. The summed E-state index contributed by atoms with van der Waals surface area (Å²) in [5.41, 5.74) is 2.37. The van der Waals surface area contributed by atoms with E-state index in [2.05, 4.69) is 46.6 Å². The normalized spacial score (nSPS) is 22.0. The molecule has 2 aliphatic heterocycles. The maximum Gasteiger partial charge on any atom is 0.225 e. The first-order chi connectivity index (χ1) is 15.6. The van der Waals surface area contributed by atoms with E-state index in [1.165, 1.54) is 24.0 Å². The molecule has 3 fully saturated rings. The standard InChI is InChI=1S/C27H33N3O2/c31-25(14-13-21-7-3-1-4-8-21)30-19-27(20-30)18-29(16-23-9-5-2-6-10-23)17-24(27)26(32)28-15-22-11-12-22/h1-10,22,24H,11-20H2,(H,28,32). The maximum atomic E-state index is 13.1. The van der Waals surface area contributed by atoms with E-state index in [1.54, 1.807) is 0 Å². The van der Waals surface area contributed by atoms with Crippen molar-refractivity contribution in [3.63, 3.8) is 0 Å². The molecule has 0 bridgehead atoms. The van der Waals surface area contributed by atoms with Crippen molar-refractivity contribution in [2.24, 2.45) is 17.3 Å². The fourth-order valence-corrected chi connectivity index (χ4v) is 5.35. The summed E-state index contributed by atoms with van der Waals surface area (Å²) in [6, 6.07) is 20.6. The highest BCUT2D eigenvalue weighted by atomic mass is 16.2. The van der Waals surface area contributed by atoms with Crippen LogP contribution in [0.2, 0.25) is 0 Å². The van der Waals surface area contributed by atoms with Crippen LogP contribution in [-0.4, -0.2) is 54.3 Å². The van der Waals surface area contributed by atoms with Crippen LogP contribution in [-0.2, 0) is 22.6 Å². The summed E-state index contributed by atoms with van der Waals surface area (Å²) in [6.07, 6.45) is 3.78. The summed E-state index contributed by atoms with van der Waals surface area (Å²) >= 11 is 0. The molecule has 2 aromatic carbocycles. The molecule has 2 saturated heterocycles. The molecule has 0 radical (unpaired) electrons. The van der Waals surface area contributed by atoms with E-state index in [-0.39, 0.29) is 23.1 Å². The molecule has 168 valence electrons. The van der Waals surface area contributed by atoms with E-state index in [4.69, 9.17) is 0 Å². The topological polar surface area (TPSA) is 52.7 Å². The number of nitrogens with one attached hydrogen (secondary N) is 1. The number of hydrogen-bond donors (Lipinski definition) is 1. The minimum Gasteiger partial charge on any atom is -0.356 e. The monoisotopic (exact) mass is 431 g/mol. The number of hydrogen-bond acceptors (Lipinski definition) is 3. The highest BCUT2D eigenvalue weighted by molar-refractivity contribution is 5.82. The Morgan fingerprint density at radius 3 is 2.22 bits per heavy atom. The van der Waals surface area contributed by atoms with Crippen LogP contribution in [0.4, 0.5) is 0 Å². The molecular formula is C27H33N3O2. The first kappa shape index (κ1) is 21.2. The van der Waals surface area contributed by atoms with Crippen molar-refractivity contribution < 1.29 is 9.59 Å². The molecule has 2 heterocycles. The zero-order chi connectivity index (χ0) is 22.0. The molecule has 1 spiro atoms. The maximum absolute atomic E-state index is 13.1. The molecule has 1 saturated carbocycles. The lowest BCUT2D eigenvalue weighted by atomic mass is 9.71. The van der Waals surface area contributed by atoms with E-state index in [9.17, 15) is 9.59 Å². The third-order valence-electron chi connectivity index (χ3n) is 7.38. The van der Waals surface area contributed by atoms with Crippen molar-refractivity contribution in [3.8, 4) is 0 Å². The highest BCUT2D eigenvalue weighted by Crippen LogP contribution is 2.45. The van der Waals surface area contributed by atoms with Gasteiger partial charge in [-0.3, -0.25) is 14.5 Å². The van der Waals surface area contributed by atoms with Crippen LogP contribution in [0, 0.1) is 17.3 Å². The summed E-state index contributed by atoms with van der Waals surface area (Å²) in [6.45, 7) is 4.73. The zero-order valence-electron chi connectivity index (χ0n) is 18.7. The third kappa shape index (κ3) is 4.73. The number of carbonyl (C=O) groups excluding carboxylic acids is 2. The van der Waals surface area contributed by atoms with Gasteiger partial charge in [0.1, 0.15) is 0 Å². The number of carbonyl (C=O) groups is 2. The Balaban J connectivity index is 1.21. The Morgan fingerprint density at radius 1 is 0.906 bits per heavy atom. The average Bonchev–Trinajstić information content (AvgIpc) is 3.55. The lowest BCUT2D eigenvalue weighted by Gasteiger charge is -2.50. The highest BCUT2D eigenvalue weighted by Gasteiger charge is 2.57. The van der Waals surface area contributed by atoms with Gasteiger partial charge in [0.25, 0.3) is 0 Å². The van der Waals surface area contributed by atoms with Crippen molar-refractivity contribution in [3.05, 3.63) is 71.8 Å². The molecule has 1 N–H and O–H groups in total. The van der Waals surface area contributed by atoms with E-state index in [1.807, 2.05) is 29.2 Å². The number of aryl methyl sites for hydroxylation is 1. The molecule has 5 heteroatoms. The second kappa shape index (κ2) is 9.07. The zero-order valence-corrected chi connectivity index (χ0v) is 18.7. The Kier molecular flexibility index (Phi) is 6.01. The third-order valence-corrected chi connectivity index (χ3v) is 7.38. The number of amides is 2. The molecule has 5 rings (SSSR count). The molecule has 0 aromatic heterocycles. The van der Waals surface area contributed by atoms with Gasteiger partial charge < -0.3 is 10.2 Å². The summed E-state index contributed by atoms with van der Waals surface area (Å²) in [4.78, 5) is 30.3. The van der Waals surface area contributed by atoms with Crippen LogP contribution in [0.25, 0.3) is 0 Å². The van der Waals surface area contributed by atoms with Crippen molar-refractivity contribution in [2.75, 3.05) is 32.7 Å². The SMILES string of the molecule is O=C(NCC1CC1)C1CN(Cc2ccccc2)CC12CN(C(=O)CCc1ccccc1)C2. The van der Waals surface area contributed by atoms with Crippen LogP contribution < -0.4 is 5.32 Å². The quantitative estimate of drug-likeness (QED) is 0.699. The molecule has 1 aliphatic carbocycles. The minimum absolute atomic E-state index is 0.0388. The van der Waals surface area contributed by atoms with Crippen molar-refractivity contribution >= 4 is 11.8 Å². The summed E-state index contributed by atoms with van der Waals surface area (Å²) in [5, 5.41) is 3.22. The molecule has 2 amide bonds. The average molecular weight is 432 g/mol. The number of benzene rings is 2. The first-order valence-electron chi connectivity index (χ1n) is 12.0. The van der Waals surface area contributed by atoms with Gasteiger partial charge in [0.05, 0.1) is 5.92 Å². The summed E-state index contributed by atoms with van der Waals surface area (Å²) in [7, 11) is 0. The van der Waals surface area contributed by atoms with E-state index in [0.717, 1.165) is 32.6 Å². The lowest BCUT2D eigenvalue weighted by Crippen LogP contribution is -2.64. The Bertz CT molecular complexity index is 936. The Hall–Kier alpha value is -2.66. The second-order valence-electron chi connectivity index (χ2n) is 9.99. The van der Waals surface area contributed by atoms with Gasteiger partial charge in [0.2, 0.25) is 11.8 Å². The van der Waals surface area contributed by atoms with Gasteiger partial charge in [-0.05, 0) is 36.3 Å². The van der Waals surface area contributed by atoms with Crippen LogP contribution in [0.5, 0.6) is 0 Å². The van der Waals surface area contributed by atoms with E-state index in [0.29, 0.717) is 25.4 Å². The van der Waals surface area contributed by atoms with Gasteiger partial charge in [-0.1, -0.05) is 60.7 Å². The van der Waals surface area contributed by atoms with Gasteiger partial charge >= 0.3 is 0 Å². The fourth-order valence-electron chi connectivity index (χ4n) is 5.35. The molecule has 32 heavy (non-hydrogen) atoms. The van der Waals surface area contributed by atoms with Crippen LogP contribution in [0.15, 0.2) is 60.7 Å². The van der Waals surface area contributed by atoms with Gasteiger partial charge in [-0.2, -0.15) is 0 Å². The largest absolute Gasteiger partial charge is 0.356 e. The van der Waals surface area contributed by atoms with Crippen LogP contribution in [0.3, 0.4) is 0 Å². The summed E-state index contributed by atoms with van der Waals surface area (Å²) < 4.78 is 0. The van der Waals surface area contributed by atoms with Gasteiger partial charge in [0, 0.05) is 51.1 Å². The Morgan fingerprint density at radius 2 is 1.56 bits per heavy atom.